The third-order valence-corrected chi connectivity index (χ3v) is 3.43. The van der Waals surface area contributed by atoms with Crippen molar-refractivity contribution in [2.24, 2.45) is 0 Å². The second-order valence-electron chi connectivity index (χ2n) is 6.65. The molecule has 0 aromatic heterocycles. The van der Waals surface area contributed by atoms with Crippen molar-refractivity contribution >= 4 is 28.7 Å². The minimum absolute atomic E-state index is 0.350. The van der Waals surface area contributed by atoms with Gasteiger partial charge in [0.05, 0.1) is 66.1 Å². The summed E-state index contributed by atoms with van der Waals surface area (Å²) < 4.78 is 33.2. The van der Waals surface area contributed by atoms with Crippen molar-refractivity contribution in [2.45, 2.75) is 26.4 Å². The van der Waals surface area contributed by atoms with Gasteiger partial charge in [-0.1, -0.05) is 22.6 Å². The van der Waals surface area contributed by atoms with E-state index in [2.05, 4.69) is 22.6 Å². The molecule has 0 aliphatic heterocycles. The van der Waals surface area contributed by atoms with Crippen LogP contribution in [0.1, 0.15) is 20.8 Å². The number of nitrogens with zero attached hydrogens (tertiary/aromatic N) is 1. The first-order valence-electron chi connectivity index (χ1n) is 9.25. The van der Waals surface area contributed by atoms with Crippen LogP contribution in [0.15, 0.2) is 0 Å². The van der Waals surface area contributed by atoms with Crippen molar-refractivity contribution in [3.8, 4) is 0 Å². The van der Waals surface area contributed by atoms with E-state index < -0.39 is 5.60 Å². The number of carbonyl (C=O) groups is 1. The molecule has 0 aliphatic rings. The lowest BCUT2D eigenvalue weighted by molar-refractivity contribution is -0.0121. The predicted molar refractivity (Wildman–Crippen MR) is 112 cm³/mol. The molecule has 0 aromatic carbocycles. The van der Waals surface area contributed by atoms with Gasteiger partial charge >= 0.3 is 6.09 Å². The summed E-state index contributed by atoms with van der Waals surface area (Å²) in [6, 6.07) is 0. The summed E-state index contributed by atoms with van der Waals surface area (Å²) in [5.41, 5.74) is -0.489. The average molecular weight is 505 g/mol. The average Bonchev–Trinajstić information content (AvgIpc) is 2.59. The molecule has 0 unspecified atom stereocenters. The number of ether oxygens (including phenoxy) is 6. The van der Waals surface area contributed by atoms with Crippen LogP contribution in [0.5, 0.6) is 0 Å². The largest absolute Gasteiger partial charge is 0.444 e. The molecular formula is C18H36INO7. The van der Waals surface area contributed by atoms with E-state index >= 15 is 0 Å². The first kappa shape index (κ1) is 26.8. The summed E-state index contributed by atoms with van der Waals surface area (Å²) in [4.78, 5) is 13.2. The van der Waals surface area contributed by atoms with Crippen LogP contribution in [0, 0.1) is 0 Å². The van der Waals surface area contributed by atoms with Crippen LogP contribution in [0.2, 0.25) is 0 Å². The van der Waals surface area contributed by atoms with Gasteiger partial charge in [-0.3, -0.25) is 0 Å². The minimum Gasteiger partial charge on any atom is -0.444 e. The third-order valence-electron chi connectivity index (χ3n) is 2.99. The minimum atomic E-state index is -0.489. The molecule has 0 saturated carbocycles. The highest BCUT2D eigenvalue weighted by atomic mass is 127. The second-order valence-corrected chi connectivity index (χ2v) is 7.73. The number of amides is 1. The Bertz CT molecular complexity index is 353. The topological polar surface area (TPSA) is 75.7 Å². The van der Waals surface area contributed by atoms with Crippen molar-refractivity contribution in [3.05, 3.63) is 0 Å². The van der Waals surface area contributed by atoms with Crippen LogP contribution in [0.25, 0.3) is 0 Å². The van der Waals surface area contributed by atoms with Crippen molar-refractivity contribution in [1.82, 2.24) is 4.90 Å². The summed E-state index contributed by atoms with van der Waals surface area (Å²) in [5, 5.41) is 0. The Morgan fingerprint density at radius 3 is 1.48 bits per heavy atom. The number of hydrogen-bond acceptors (Lipinski definition) is 7. The van der Waals surface area contributed by atoms with Gasteiger partial charge in [-0.15, -0.1) is 0 Å². The molecule has 0 aliphatic carbocycles. The van der Waals surface area contributed by atoms with Crippen LogP contribution >= 0.6 is 22.6 Å². The molecule has 0 radical (unpaired) electrons. The van der Waals surface area contributed by atoms with E-state index in [1.165, 1.54) is 4.90 Å². The van der Waals surface area contributed by atoms with Crippen LogP contribution in [0.4, 0.5) is 4.79 Å². The highest BCUT2D eigenvalue weighted by Crippen LogP contribution is 2.08. The first-order chi connectivity index (χ1) is 12.9. The quantitative estimate of drug-likeness (QED) is 0.171. The van der Waals surface area contributed by atoms with E-state index in [1.807, 2.05) is 20.8 Å². The normalized spacial score (nSPS) is 11.6. The Morgan fingerprint density at radius 1 is 0.741 bits per heavy atom. The Balaban J connectivity index is 3.26. The summed E-state index contributed by atoms with van der Waals surface area (Å²) in [6.45, 7) is 11.5. The predicted octanol–water partition coefficient (Wildman–Crippen LogP) is 2.37. The Kier molecular flexibility index (Phi) is 17.7. The maximum absolute atomic E-state index is 11.7. The molecule has 0 fully saturated rings. The Morgan fingerprint density at radius 2 is 1.11 bits per heavy atom. The molecule has 0 rings (SSSR count). The molecule has 0 bridgehead atoms. The number of alkyl halides is 1. The fourth-order valence-electron chi connectivity index (χ4n) is 1.67. The van der Waals surface area contributed by atoms with Gasteiger partial charge in [-0.05, 0) is 20.8 Å². The van der Waals surface area contributed by atoms with E-state index in [9.17, 15) is 4.79 Å². The maximum Gasteiger partial charge on any atom is 0.410 e. The van der Waals surface area contributed by atoms with E-state index in [-0.39, 0.29) is 6.09 Å². The molecule has 0 heterocycles. The number of hydrogen-bond donors (Lipinski definition) is 0. The fourth-order valence-corrected chi connectivity index (χ4v) is 1.98. The molecule has 27 heavy (non-hydrogen) atoms. The van der Waals surface area contributed by atoms with Crippen molar-refractivity contribution < 1.29 is 33.2 Å². The van der Waals surface area contributed by atoms with Crippen LogP contribution in [-0.2, 0) is 28.4 Å². The smallest absolute Gasteiger partial charge is 0.410 e. The lowest BCUT2D eigenvalue weighted by Gasteiger charge is -2.24. The molecule has 0 atom stereocenters. The molecule has 9 heteroatoms. The molecule has 1 amide bonds. The molecule has 8 nitrogen and oxygen atoms in total. The van der Waals surface area contributed by atoms with Crippen molar-refractivity contribution in [2.75, 3.05) is 84.1 Å². The highest BCUT2D eigenvalue weighted by molar-refractivity contribution is 14.1. The van der Waals surface area contributed by atoms with E-state index in [0.717, 1.165) is 11.0 Å². The van der Waals surface area contributed by atoms with Gasteiger partial charge in [0, 0.05) is 18.0 Å². The number of halogens is 1. The van der Waals surface area contributed by atoms with Gasteiger partial charge in [-0.25, -0.2) is 4.79 Å². The Hall–Kier alpha value is -0.200. The highest BCUT2D eigenvalue weighted by Gasteiger charge is 2.19. The lowest BCUT2D eigenvalue weighted by atomic mass is 10.2. The van der Waals surface area contributed by atoms with Crippen LogP contribution in [-0.4, -0.2) is 101 Å². The van der Waals surface area contributed by atoms with Crippen molar-refractivity contribution in [1.29, 1.82) is 0 Å². The van der Waals surface area contributed by atoms with Gasteiger partial charge in [-0.2, -0.15) is 0 Å². The van der Waals surface area contributed by atoms with E-state index in [1.54, 1.807) is 7.05 Å². The molecule has 0 N–H and O–H groups in total. The zero-order chi connectivity index (χ0) is 20.4. The lowest BCUT2D eigenvalue weighted by Crippen LogP contribution is -2.36. The Labute approximate surface area is 177 Å². The zero-order valence-electron chi connectivity index (χ0n) is 17.2. The molecule has 0 spiro atoms. The first-order valence-corrected chi connectivity index (χ1v) is 10.8. The zero-order valence-corrected chi connectivity index (χ0v) is 19.3. The fraction of sp³-hybridized carbons (Fsp3) is 0.944. The third kappa shape index (κ3) is 20.3. The molecular weight excluding hydrogens is 469 g/mol. The summed E-state index contributed by atoms with van der Waals surface area (Å²) in [7, 11) is 1.69. The maximum atomic E-state index is 11.7. The summed E-state index contributed by atoms with van der Waals surface area (Å²) in [5.74, 6) is 0. The van der Waals surface area contributed by atoms with Gasteiger partial charge in [0.2, 0.25) is 0 Å². The summed E-state index contributed by atoms with van der Waals surface area (Å²) >= 11 is 2.27. The number of carbonyl (C=O) groups excluding carboxylic acids is 1. The standard InChI is InChI=1S/C18H36INO7/c1-18(2,3)27-17(21)20(4)6-8-23-10-12-25-14-16-26-15-13-24-11-9-22-7-5-19/h5-16H2,1-4H3. The van der Waals surface area contributed by atoms with Gasteiger partial charge in [0.25, 0.3) is 0 Å². The summed E-state index contributed by atoms with van der Waals surface area (Å²) in [6.07, 6.45) is -0.350. The van der Waals surface area contributed by atoms with Gasteiger partial charge in [0.1, 0.15) is 5.60 Å². The number of likely N-dealkylation sites (N-methyl/N-ethyl adjacent to an activating group) is 1. The van der Waals surface area contributed by atoms with Gasteiger partial charge in [0.15, 0.2) is 0 Å². The molecule has 0 saturated heterocycles. The monoisotopic (exact) mass is 505 g/mol. The van der Waals surface area contributed by atoms with E-state index in [0.29, 0.717) is 66.0 Å². The van der Waals surface area contributed by atoms with Crippen LogP contribution in [0.3, 0.4) is 0 Å². The van der Waals surface area contributed by atoms with Crippen LogP contribution < -0.4 is 0 Å². The van der Waals surface area contributed by atoms with Gasteiger partial charge < -0.3 is 33.3 Å². The molecule has 162 valence electrons. The second kappa shape index (κ2) is 17.9. The van der Waals surface area contributed by atoms with Crippen molar-refractivity contribution in [3.63, 3.8) is 0 Å². The number of rotatable bonds is 17. The van der Waals surface area contributed by atoms with E-state index in [4.69, 9.17) is 28.4 Å². The molecule has 0 aromatic rings. The SMILES string of the molecule is CN(CCOCCOCCOCCOCCOCCI)C(=O)OC(C)(C)C.